The van der Waals surface area contributed by atoms with Gasteiger partial charge >= 0.3 is 5.97 Å². The predicted octanol–water partition coefficient (Wildman–Crippen LogP) is 3.89. The third kappa shape index (κ3) is 4.66. The summed E-state index contributed by atoms with van der Waals surface area (Å²) < 4.78 is 15.5. The van der Waals surface area contributed by atoms with E-state index in [-0.39, 0.29) is 24.1 Å². The van der Waals surface area contributed by atoms with Crippen LogP contribution < -0.4 is 14.8 Å². The second-order valence-corrected chi connectivity index (χ2v) is 6.50. The SMILES string of the molecule is COc1ccc(C(=O)OCC(=O)N[C@H](C)c2cccc3ccccc23)c(OC)c1. The van der Waals surface area contributed by atoms with E-state index in [1.54, 1.807) is 12.1 Å². The van der Waals surface area contributed by atoms with Gasteiger partial charge in [-0.05, 0) is 35.4 Å². The highest BCUT2D eigenvalue weighted by Crippen LogP contribution is 2.26. The highest BCUT2D eigenvalue weighted by Gasteiger charge is 2.18. The van der Waals surface area contributed by atoms with Crippen LogP contribution in [0.4, 0.5) is 0 Å². The molecule has 1 N–H and O–H groups in total. The van der Waals surface area contributed by atoms with Crippen LogP contribution in [0.5, 0.6) is 11.5 Å². The summed E-state index contributed by atoms with van der Waals surface area (Å²) in [6.45, 7) is 1.51. The van der Waals surface area contributed by atoms with Crippen molar-refractivity contribution in [3.8, 4) is 11.5 Å². The highest BCUT2D eigenvalue weighted by atomic mass is 16.5. The smallest absolute Gasteiger partial charge is 0.342 e. The molecule has 0 spiro atoms. The summed E-state index contributed by atoms with van der Waals surface area (Å²) in [5.41, 5.74) is 1.22. The minimum absolute atomic E-state index is 0.225. The van der Waals surface area contributed by atoms with Gasteiger partial charge in [0.15, 0.2) is 6.61 Å². The number of esters is 1. The molecule has 0 aliphatic rings. The summed E-state index contributed by atoms with van der Waals surface area (Å²) in [6.07, 6.45) is 0. The molecule has 0 aliphatic heterocycles. The Morgan fingerprint density at radius 1 is 0.966 bits per heavy atom. The van der Waals surface area contributed by atoms with Gasteiger partial charge in [0.2, 0.25) is 0 Å². The molecule has 0 aliphatic carbocycles. The third-order valence-electron chi connectivity index (χ3n) is 4.63. The first-order chi connectivity index (χ1) is 14.0. The van der Waals surface area contributed by atoms with E-state index in [1.807, 2.05) is 49.4 Å². The van der Waals surface area contributed by atoms with Gasteiger partial charge in [-0.25, -0.2) is 4.79 Å². The molecule has 0 bridgehead atoms. The summed E-state index contributed by atoms with van der Waals surface area (Å²) in [7, 11) is 2.97. The van der Waals surface area contributed by atoms with E-state index in [4.69, 9.17) is 14.2 Å². The minimum Gasteiger partial charge on any atom is -0.497 e. The first-order valence-corrected chi connectivity index (χ1v) is 9.19. The van der Waals surface area contributed by atoms with Crippen molar-refractivity contribution in [3.63, 3.8) is 0 Å². The van der Waals surface area contributed by atoms with Crippen molar-refractivity contribution in [2.24, 2.45) is 0 Å². The lowest BCUT2D eigenvalue weighted by molar-refractivity contribution is -0.124. The number of hydrogen-bond donors (Lipinski definition) is 1. The van der Waals surface area contributed by atoms with Crippen LogP contribution in [0.2, 0.25) is 0 Å². The molecule has 3 aromatic carbocycles. The lowest BCUT2D eigenvalue weighted by atomic mass is 10.00. The van der Waals surface area contributed by atoms with Crippen LogP contribution in [0, 0.1) is 0 Å². The Labute approximate surface area is 169 Å². The van der Waals surface area contributed by atoms with Crippen LogP contribution in [0.15, 0.2) is 60.7 Å². The molecule has 3 aromatic rings. The Morgan fingerprint density at radius 2 is 1.72 bits per heavy atom. The number of fused-ring (bicyclic) bond motifs is 1. The normalized spacial score (nSPS) is 11.6. The number of hydrogen-bond acceptors (Lipinski definition) is 5. The third-order valence-corrected chi connectivity index (χ3v) is 4.63. The van der Waals surface area contributed by atoms with Crippen LogP contribution in [-0.4, -0.2) is 32.7 Å². The fourth-order valence-electron chi connectivity index (χ4n) is 3.16. The molecule has 6 heteroatoms. The Bertz CT molecular complexity index is 1030. The van der Waals surface area contributed by atoms with E-state index in [2.05, 4.69) is 5.32 Å². The maximum absolute atomic E-state index is 12.3. The highest BCUT2D eigenvalue weighted by molar-refractivity contribution is 5.94. The standard InChI is InChI=1S/C23H23NO5/c1-15(18-10-6-8-16-7-4-5-9-19(16)18)24-22(25)14-29-23(26)20-12-11-17(27-2)13-21(20)28-3/h4-13,15H,14H2,1-3H3,(H,24,25)/t15-/m1/s1. The van der Waals surface area contributed by atoms with Crippen molar-refractivity contribution in [2.75, 3.05) is 20.8 Å². The van der Waals surface area contributed by atoms with Gasteiger partial charge in [0, 0.05) is 6.07 Å². The van der Waals surface area contributed by atoms with E-state index in [9.17, 15) is 9.59 Å². The number of carbonyl (C=O) groups is 2. The number of amides is 1. The number of ether oxygens (including phenoxy) is 3. The van der Waals surface area contributed by atoms with Crippen molar-refractivity contribution < 1.29 is 23.8 Å². The fraction of sp³-hybridized carbons (Fsp3) is 0.217. The summed E-state index contributed by atoms with van der Waals surface area (Å²) in [6, 6.07) is 18.4. The maximum atomic E-state index is 12.3. The molecule has 3 rings (SSSR count). The van der Waals surface area contributed by atoms with Crippen molar-refractivity contribution >= 4 is 22.6 Å². The monoisotopic (exact) mass is 393 g/mol. The van der Waals surface area contributed by atoms with Gasteiger partial charge in [-0.2, -0.15) is 0 Å². The summed E-state index contributed by atoms with van der Waals surface area (Å²) in [5, 5.41) is 5.05. The second-order valence-electron chi connectivity index (χ2n) is 6.50. The molecule has 0 saturated heterocycles. The molecule has 0 heterocycles. The van der Waals surface area contributed by atoms with Crippen molar-refractivity contribution in [1.29, 1.82) is 0 Å². The Hall–Kier alpha value is -3.54. The number of benzene rings is 3. The lowest BCUT2D eigenvalue weighted by Gasteiger charge is -2.17. The van der Waals surface area contributed by atoms with Crippen molar-refractivity contribution in [1.82, 2.24) is 5.32 Å². The molecule has 150 valence electrons. The van der Waals surface area contributed by atoms with Crippen LogP contribution >= 0.6 is 0 Å². The molecule has 0 aromatic heterocycles. The molecular weight excluding hydrogens is 370 g/mol. The van der Waals surface area contributed by atoms with Crippen LogP contribution in [0.1, 0.15) is 28.9 Å². The summed E-state index contributed by atoms with van der Waals surface area (Å²) in [5.74, 6) is -0.150. The van der Waals surface area contributed by atoms with Crippen molar-refractivity contribution in [3.05, 3.63) is 71.8 Å². The van der Waals surface area contributed by atoms with Gasteiger partial charge in [-0.15, -0.1) is 0 Å². The van der Waals surface area contributed by atoms with Gasteiger partial charge in [-0.3, -0.25) is 4.79 Å². The van der Waals surface area contributed by atoms with E-state index < -0.39 is 5.97 Å². The van der Waals surface area contributed by atoms with E-state index in [1.165, 1.54) is 20.3 Å². The molecule has 0 radical (unpaired) electrons. The number of methoxy groups -OCH3 is 2. The zero-order chi connectivity index (χ0) is 20.8. The predicted molar refractivity (Wildman–Crippen MR) is 110 cm³/mol. The maximum Gasteiger partial charge on any atom is 0.342 e. The molecule has 1 atom stereocenters. The van der Waals surface area contributed by atoms with Crippen LogP contribution in [0.3, 0.4) is 0 Å². The average molecular weight is 393 g/mol. The van der Waals surface area contributed by atoms with Gasteiger partial charge in [0.1, 0.15) is 17.1 Å². The molecule has 1 amide bonds. The zero-order valence-electron chi connectivity index (χ0n) is 16.6. The summed E-state index contributed by atoms with van der Waals surface area (Å²) in [4.78, 5) is 24.6. The quantitative estimate of drug-likeness (QED) is 0.617. The zero-order valence-corrected chi connectivity index (χ0v) is 16.6. The molecule has 0 unspecified atom stereocenters. The second kappa shape index (κ2) is 9.10. The van der Waals surface area contributed by atoms with Crippen molar-refractivity contribution in [2.45, 2.75) is 13.0 Å². The topological polar surface area (TPSA) is 73.9 Å². The molecule has 0 fully saturated rings. The molecule has 6 nitrogen and oxygen atoms in total. The summed E-state index contributed by atoms with van der Waals surface area (Å²) >= 11 is 0. The lowest BCUT2D eigenvalue weighted by Crippen LogP contribution is -2.31. The van der Waals surface area contributed by atoms with Gasteiger partial charge in [-0.1, -0.05) is 42.5 Å². The minimum atomic E-state index is -0.641. The largest absolute Gasteiger partial charge is 0.497 e. The van der Waals surface area contributed by atoms with E-state index >= 15 is 0 Å². The molecular formula is C23H23NO5. The van der Waals surface area contributed by atoms with Crippen LogP contribution in [-0.2, 0) is 9.53 Å². The number of rotatable bonds is 7. The average Bonchev–Trinajstić information content (AvgIpc) is 2.76. The Kier molecular flexibility index (Phi) is 6.34. The number of carbonyl (C=O) groups excluding carboxylic acids is 2. The van der Waals surface area contributed by atoms with E-state index in [0.29, 0.717) is 11.5 Å². The first kappa shape index (κ1) is 20.2. The first-order valence-electron chi connectivity index (χ1n) is 9.19. The molecule has 0 saturated carbocycles. The fourth-order valence-corrected chi connectivity index (χ4v) is 3.16. The van der Waals surface area contributed by atoms with Gasteiger partial charge in [0.05, 0.1) is 20.3 Å². The molecule has 29 heavy (non-hydrogen) atoms. The van der Waals surface area contributed by atoms with Gasteiger partial charge in [0.25, 0.3) is 5.91 Å². The Morgan fingerprint density at radius 3 is 2.48 bits per heavy atom. The van der Waals surface area contributed by atoms with Crippen LogP contribution in [0.25, 0.3) is 10.8 Å². The Balaban J connectivity index is 1.63. The van der Waals surface area contributed by atoms with E-state index in [0.717, 1.165) is 16.3 Å². The number of nitrogens with one attached hydrogen (secondary N) is 1. The van der Waals surface area contributed by atoms with Gasteiger partial charge < -0.3 is 19.5 Å².